The van der Waals surface area contributed by atoms with Crippen molar-refractivity contribution < 1.29 is 27.9 Å². The van der Waals surface area contributed by atoms with E-state index >= 15 is 0 Å². The number of hydrogen-bond donors (Lipinski definition) is 0. The number of benzene rings is 2. The van der Waals surface area contributed by atoms with Gasteiger partial charge in [0.2, 0.25) is 11.7 Å². The molecule has 9 heteroatoms. The van der Waals surface area contributed by atoms with E-state index in [4.69, 9.17) is 18.7 Å². The molecule has 8 nitrogen and oxygen atoms in total. The number of carbonyl (C=O) groups is 1. The van der Waals surface area contributed by atoms with E-state index in [9.17, 15) is 9.18 Å². The molecule has 2 heterocycles. The fourth-order valence-electron chi connectivity index (χ4n) is 3.22. The summed E-state index contributed by atoms with van der Waals surface area (Å²) in [5, 5.41) is 4.02. The quantitative estimate of drug-likeness (QED) is 0.572. The van der Waals surface area contributed by atoms with Gasteiger partial charge in [-0.15, -0.1) is 0 Å². The minimum Gasteiger partial charge on any atom is -0.497 e. The second kappa shape index (κ2) is 9.57. The van der Waals surface area contributed by atoms with Crippen molar-refractivity contribution >= 4 is 5.91 Å². The molecular formula is C22H22FN3O5. The van der Waals surface area contributed by atoms with Gasteiger partial charge in [0, 0.05) is 18.2 Å². The van der Waals surface area contributed by atoms with Crippen molar-refractivity contribution in [2.75, 3.05) is 33.4 Å². The molecule has 0 aliphatic carbocycles. The van der Waals surface area contributed by atoms with E-state index in [1.807, 2.05) is 24.3 Å². The number of aromatic nitrogens is 2. The zero-order valence-corrected chi connectivity index (χ0v) is 17.0. The Labute approximate surface area is 178 Å². The number of ether oxygens (including phenoxy) is 3. The van der Waals surface area contributed by atoms with Gasteiger partial charge in [0.15, 0.2) is 6.10 Å². The lowest BCUT2D eigenvalue weighted by molar-refractivity contribution is -0.140. The molecule has 1 amide bonds. The van der Waals surface area contributed by atoms with Gasteiger partial charge in [-0.25, -0.2) is 4.39 Å². The highest BCUT2D eigenvalue weighted by atomic mass is 19.1. The minimum absolute atomic E-state index is 0.0837. The maximum atomic E-state index is 13.2. The lowest BCUT2D eigenvalue weighted by atomic mass is 10.2. The lowest BCUT2D eigenvalue weighted by Crippen LogP contribution is -2.42. The molecule has 162 valence electrons. The molecule has 1 aromatic heterocycles. The van der Waals surface area contributed by atoms with Crippen molar-refractivity contribution in [2.24, 2.45) is 0 Å². The van der Waals surface area contributed by atoms with Gasteiger partial charge in [-0.2, -0.15) is 4.98 Å². The molecule has 4 rings (SSSR count). The van der Waals surface area contributed by atoms with Crippen molar-refractivity contribution in [2.45, 2.75) is 12.5 Å². The number of halogens is 1. The Hall–Kier alpha value is -3.46. The van der Waals surface area contributed by atoms with Crippen LogP contribution in [0.2, 0.25) is 0 Å². The largest absolute Gasteiger partial charge is 0.497 e. The van der Waals surface area contributed by atoms with Gasteiger partial charge in [-0.1, -0.05) is 11.2 Å². The molecule has 2 aromatic carbocycles. The first-order valence-electron chi connectivity index (χ1n) is 9.88. The highest BCUT2D eigenvalue weighted by molar-refractivity contribution is 5.76. The average Bonchev–Trinajstić information content (AvgIpc) is 3.30. The van der Waals surface area contributed by atoms with Crippen LogP contribution in [0.4, 0.5) is 4.39 Å². The summed E-state index contributed by atoms with van der Waals surface area (Å²) in [4.78, 5) is 18.7. The molecule has 0 spiro atoms. The number of amides is 1. The molecule has 0 radical (unpaired) electrons. The van der Waals surface area contributed by atoms with Gasteiger partial charge < -0.3 is 23.6 Å². The van der Waals surface area contributed by atoms with Crippen molar-refractivity contribution in [3.05, 3.63) is 60.2 Å². The molecule has 0 bridgehead atoms. The third-order valence-electron chi connectivity index (χ3n) is 4.87. The van der Waals surface area contributed by atoms with Gasteiger partial charge >= 0.3 is 0 Å². The summed E-state index contributed by atoms with van der Waals surface area (Å²) in [6.45, 7) is 1.30. The highest BCUT2D eigenvalue weighted by Crippen LogP contribution is 2.25. The summed E-state index contributed by atoms with van der Waals surface area (Å²) in [5.41, 5.74) is 0.786. The van der Waals surface area contributed by atoms with Gasteiger partial charge in [-0.05, 0) is 36.4 Å². The molecule has 1 atom stereocenters. The van der Waals surface area contributed by atoms with Crippen LogP contribution in [0.1, 0.15) is 18.4 Å². The summed E-state index contributed by atoms with van der Waals surface area (Å²) in [6.07, 6.45) is -0.328. The summed E-state index contributed by atoms with van der Waals surface area (Å²) in [6, 6.07) is 13.1. The first-order chi connectivity index (χ1) is 15.1. The van der Waals surface area contributed by atoms with E-state index in [0.717, 1.165) is 11.3 Å². The fourth-order valence-corrected chi connectivity index (χ4v) is 3.22. The molecule has 0 N–H and O–H groups in total. The minimum atomic E-state index is -0.499. The Kier molecular flexibility index (Phi) is 6.42. The number of hydrogen-bond acceptors (Lipinski definition) is 7. The number of methoxy groups -OCH3 is 1. The van der Waals surface area contributed by atoms with Crippen LogP contribution in [0.25, 0.3) is 11.4 Å². The lowest BCUT2D eigenvalue weighted by Gasteiger charge is -2.31. The average molecular weight is 427 g/mol. The molecule has 1 fully saturated rings. The van der Waals surface area contributed by atoms with Crippen LogP contribution in [0.3, 0.4) is 0 Å². The summed E-state index contributed by atoms with van der Waals surface area (Å²) >= 11 is 0. The van der Waals surface area contributed by atoms with Crippen LogP contribution in [0.15, 0.2) is 53.1 Å². The third kappa shape index (κ3) is 5.18. The number of rotatable bonds is 7. The number of carbonyl (C=O) groups excluding carboxylic acids is 1. The molecule has 1 aliphatic rings. The zero-order valence-electron chi connectivity index (χ0n) is 17.0. The molecule has 31 heavy (non-hydrogen) atoms. The standard InChI is InChI=1S/C22H22FN3O5/c1-28-17-7-5-15(6-8-17)21-24-22(31-25-21)19-14-26(10-12-30-19)20(27)9-11-29-18-4-2-3-16(23)13-18/h2-8,13,19H,9-12,14H2,1H3/t19-/m0/s1. The molecule has 0 saturated carbocycles. The normalized spacial score (nSPS) is 16.2. The second-order valence-electron chi connectivity index (χ2n) is 6.94. The van der Waals surface area contributed by atoms with Gasteiger partial charge in [0.25, 0.3) is 5.89 Å². The Morgan fingerprint density at radius 1 is 1.23 bits per heavy atom. The Morgan fingerprint density at radius 2 is 2.06 bits per heavy atom. The monoisotopic (exact) mass is 427 g/mol. The van der Waals surface area contributed by atoms with E-state index in [2.05, 4.69) is 10.1 Å². The van der Waals surface area contributed by atoms with Crippen molar-refractivity contribution in [3.8, 4) is 22.9 Å². The fraction of sp³-hybridized carbons (Fsp3) is 0.318. The predicted molar refractivity (Wildman–Crippen MR) is 108 cm³/mol. The Bertz CT molecular complexity index is 1020. The van der Waals surface area contributed by atoms with Crippen LogP contribution in [-0.2, 0) is 9.53 Å². The third-order valence-corrected chi connectivity index (χ3v) is 4.87. The van der Waals surface area contributed by atoms with E-state index in [0.29, 0.717) is 37.2 Å². The predicted octanol–water partition coefficient (Wildman–Crippen LogP) is 3.25. The number of nitrogens with zero attached hydrogens (tertiary/aromatic N) is 3. The van der Waals surface area contributed by atoms with Crippen molar-refractivity contribution in [1.82, 2.24) is 15.0 Å². The summed E-state index contributed by atoms with van der Waals surface area (Å²) < 4.78 is 34.9. The van der Waals surface area contributed by atoms with Crippen LogP contribution >= 0.6 is 0 Å². The Morgan fingerprint density at radius 3 is 2.84 bits per heavy atom. The van der Waals surface area contributed by atoms with Gasteiger partial charge in [0.1, 0.15) is 17.3 Å². The molecule has 1 aliphatic heterocycles. The van der Waals surface area contributed by atoms with Crippen LogP contribution < -0.4 is 9.47 Å². The maximum Gasteiger partial charge on any atom is 0.257 e. The van der Waals surface area contributed by atoms with E-state index < -0.39 is 6.10 Å². The summed E-state index contributed by atoms with van der Waals surface area (Å²) in [5.74, 6) is 1.42. The van der Waals surface area contributed by atoms with Crippen LogP contribution in [0.5, 0.6) is 11.5 Å². The molecular weight excluding hydrogens is 405 g/mol. The second-order valence-corrected chi connectivity index (χ2v) is 6.94. The molecule has 0 unspecified atom stereocenters. The highest BCUT2D eigenvalue weighted by Gasteiger charge is 2.29. The van der Waals surface area contributed by atoms with Crippen LogP contribution in [0, 0.1) is 5.82 Å². The molecule has 3 aromatic rings. The SMILES string of the molecule is COc1ccc(-c2noc([C@@H]3CN(C(=O)CCOc4cccc(F)c4)CCO3)n2)cc1. The van der Waals surface area contributed by atoms with Crippen molar-refractivity contribution in [1.29, 1.82) is 0 Å². The molecule has 1 saturated heterocycles. The van der Waals surface area contributed by atoms with E-state index in [1.54, 1.807) is 24.1 Å². The zero-order chi connectivity index (χ0) is 21.6. The van der Waals surface area contributed by atoms with Gasteiger partial charge in [0.05, 0.1) is 33.3 Å². The van der Waals surface area contributed by atoms with Crippen LogP contribution in [-0.4, -0.2) is 54.4 Å². The summed E-state index contributed by atoms with van der Waals surface area (Å²) in [7, 11) is 1.60. The van der Waals surface area contributed by atoms with E-state index in [-0.39, 0.29) is 24.8 Å². The first-order valence-corrected chi connectivity index (χ1v) is 9.88. The van der Waals surface area contributed by atoms with Crippen molar-refractivity contribution in [3.63, 3.8) is 0 Å². The maximum absolute atomic E-state index is 13.2. The Balaban J connectivity index is 1.32. The topological polar surface area (TPSA) is 86.9 Å². The number of morpholine rings is 1. The van der Waals surface area contributed by atoms with E-state index in [1.165, 1.54) is 12.1 Å². The first kappa shape index (κ1) is 20.8. The smallest absolute Gasteiger partial charge is 0.257 e. The van der Waals surface area contributed by atoms with Gasteiger partial charge in [-0.3, -0.25) is 4.79 Å².